The van der Waals surface area contributed by atoms with Crippen molar-refractivity contribution in [2.45, 2.75) is 23.0 Å². The van der Waals surface area contributed by atoms with Crippen LogP contribution >= 0.6 is 11.8 Å². The lowest BCUT2D eigenvalue weighted by molar-refractivity contribution is 0.118. The summed E-state index contributed by atoms with van der Waals surface area (Å²) in [6.45, 7) is 4.00. The number of piperidine rings is 3. The van der Waals surface area contributed by atoms with Gasteiger partial charge in [-0.05, 0) is 44.0 Å². The Bertz CT molecular complexity index is 336. The van der Waals surface area contributed by atoms with E-state index in [1.807, 2.05) is 0 Å². The molecule has 1 aromatic carbocycles. The van der Waals surface area contributed by atoms with Crippen LogP contribution in [-0.2, 0) is 4.74 Å². The number of thioether (sulfide) groups is 1. The Morgan fingerprint density at radius 3 is 2.22 bits per heavy atom. The van der Waals surface area contributed by atoms with Crippen LogP contribution in [0.5, 0.6) is 0 Å². The van der Waals surface area contributed by atoms with Crippen LogP contribution in [0.2, 0.25) is 0 Å². The Hall–Kier alpha value is -0.510. The van der Waals surface area contributed by atoms with Crippen molar-refractivity contribution in [1.82, 2.24) is 4.90 Å². The molecule has 0 aliphatic carbocycles. The van der Waals surface area contributed by atoms with Crippen molar-refractivity contribution >= 4 is 11.8 Å². The van der Waals surface area contributed by atoms with Crippen molar-refractivity contribution in [3.63, 3.8) is 0 Å². The molecule has 3 aliphatic heterocycles. The highest BCUT2D eigenvalue weighted by Crippen LogP contribution is 2.38. The normalized spacial score (nSPS) is 29.6. The number of nitrogens with zero attached hydrogens (tertiary/aromatic N) is 1. The molecule has 0 saturated carbocycles. The molecule has 0 amide bonds. The Balaban J connectivity index is 0.000000367. The van der Waals surface area contributed by atoms with Crippen molar-refractivity contribution < 1.29 is 4.74 Å². The number of benzene rings is 1. The Morgan fingerprint density at radius 1 is 1.11 bits per heavy atom. The summed E-state index contributed by atoms with van der Waals surface area (Å²) in [7, 11) is 3.25. The van der Waals surface area contributed by atoms with E-state index in [1.54, 1.807) is 14.2 Å². The first-order chi connectivity index (χ1) is 8.83. The van der Waals surface area contributed by atoms with Gasteiger partial charge in [-0.15, -0.1) is 11.8 Å². The van der Waals surface area contributed by atoms with Gasteiger partial charge in [0, 0.05) is 30.9 Å². The van der Waals surface area contributed by atoms with Crippen molar-refractivity contribution in [2.24, 2.45) is 5.92 Å². The lowest BCUT2D eigenvalue weighted by Crippen LogP contribution is -2.48. The summed E-state index contributed by atoms with van der Waals surface area (Å²) in [6.07, 6.45) is 2.84. The minimum Gasteiger partial charge on any atom is -0.388 e. The van der Waals surface area contributed by atoms with E-state index < -0.39 is 0 Å². The molecular weight excluding hydrogens is 242 g/mol. The second-order valence-electron chi connectivity index (χ2n) is 5.02. The summed E-state index contributed by atoms with van der Waals surface area (Å²) in [5, 5.41) is 0.842. The standard InChI is InChI=1S/C13H17NS.C2H6O/c1-2-4-12(5-3-1)15-13-10-14-8-6-11(13)7-9-14;1-3-2/h1-5,11,13H,6-10H2;1-2H3/t13-;/m0./s1. The lowest BCUT2D eigenvalue weighted by atomic mass is 9.88. The van der Waals surface area contributed by atoms with Crippen LogP contribution in [0, 0.1) is 5.92 Å². The topological polar surface area (TPSA) is 12.5 Å². The maximum Gasteiger partial charge on any atom is 0.0351 e. The molecule has 0 aromatic heterocycles. The smallest absolute Gasteiger partial charge is 0.0351 e. The van der Waals surface area contributed by atoms with E-state index in [0.29, 0.717) is 0 Å². The third-order valence-electron chi connectivity index (χ3n) is 3.63. The molecule has 100 valence electrons. The zero-order chi connectivity index (χ0) is 12.8. The number of hydrogen-bond donors (Lipinski definition) is 0. The third-order valence-corrected chi connectivity index (χ3v) is 5.01. The molecule has 2 bridgehead atoms. The number of fused-ring (bicyclic) bond motifs is 3. The average molecular weight is 265 g/mol. The zero-order valence-electron chi connectivity index (χ0n) is 11.3. The largest absolute Gasteiger partial charge is 0.388 e. The van der Waals surface area contributed by atoms with Crippen molar-refractivity contribution in [3.05, 3.63) is 30.3 Å². The Labute approximate surface area is 115 Å². The average Bonchev–Trinajstić information content (AvgIpc) is 2.42. The molecule has 2 nitrogen and oxygen atoms in total. The van der Waals surface area contributed by atoms with Gasteiger partial charge < -0.3 is 9.64 Å². The van der Waals surface area contributed by atoms with Crippen LogP contribution in [0.4, 0.5) is 0 Å². The molecule has 4 rings (SSSR count). The summed E-state index contributed by atoms with van der Waals surface area (Å²) in [6, 6.07) is 10.9. The van der Waals surface area contributed by atoms with Gasteiger partial charge in [-0.2, -0.15) is 0 Å². The van der Waals surface area contributed by atoms with E-state index in [-0.39, 0.29) is 0 Å². The van der Waals surface area contributed by atoms with Gasteiger partial charge in [0.25, 0.3) is 0 Å². The third kappa shape index (κ3) is 3.74. The lowest BCUT2D eigenvalue weighted by Gasteiger charge is -2.44. The second kappa shape index (κ2) is 7.17. The van der Waals surface area contributed by atoms with Crippen LogP contribution < -0.4 is 0 Å². The van der Waals surface area contributed by atoms with Gasteiger partial charge in [0.1, 0.15) is 0 Å². The summed E-state index contributed by atoms with van der Waals surface area (Å²) in [5.74, 6) is 0.972. The van der Waals surface area contributed by atoms with E-state index in [9.17, 15) is 0 Å². The second-order valence-corrected chi connectivity index (χ2v) is 6.33. The number of rotatable bonds is 2. The molecule has 3 heterocycles. The number of ether oxygens (including phenoxy) is 1. The van der Waals surface area contributed by atoms with Gasteiger partial charge in [-0.1, -0.05) is 18.2 Å². The highest BCUT2D eigenvalue weighted by Gasteiger charge is 2.34. The summed E-state index contributed by atoms with van der Waals surface area (Å²) >= 11 is 2.09. The minimum absolute atomic E-state index is 0.842. The van der Waals surface area contributed by atoms with Gasteiger partial charge in [0.2, 0.25) is 0 Å². The van der Waals surface area contributed by atoms with E-state index in [0.717, 1.165) is 11.2 Å². The van der Waals surface area contributed by atoms with Gasteiger partial charge in [0.05, 0.1) is 0 Å². The summed E-state index contributed by atoms with van der Waals surface area (Å²) < 4.78 is 4.25. The quantitative estimate of drug-likeness (QED) is 0.815. The van der Waals surface area contributed by atoms with Crippen LogP contribution in [-0.4, -0.2) is 44.0 Å². The van der Waals surface area contributed by atoms with Gasteiger partial charge in [-0.25, -0.2) is 0 Å². The first-order valence-electron chi connectivity index (χ1n) is 6.67. The maximum atomic E-state index is 4.25. The predicted octanol–water partition coefficient (Wildman–Crippen LogP) is 3.14. The summed E-state index contributed by atoms with van der Waals surface area (Å²) in [5.41, 5.74) is 0. The molecule has 3 aliphatic rings. The highest BCUT2D eigenvalue weighted by atomic mass is 32.2. The molecule has 1 atom stereocenters. The molecule has 0 radical (unpaired) electrons. The summed E-state index contributed by atoms with van der Waals surface area (Å²) in [4.78, 5) is 4.07. The van der Waals surface area contributed by atoms with E-state index in [2.05, 4.69) is 51.7 Å². The zero-order valence-corrected chi connectivity index (χ0v) is 12.2. The molecule has 0 spiro atoms. The molecule has 1 aromatic rings. The van der Waals surface area contributed by atoms with Crippen LogP contribution in [0.3, 0.4) is 0 Å². The monoisotopic (exact) mass is 265 g/mol. The number of hydrogen-bond acceptors (Lipinski definition) is 3. The van der Waals surface area contributed by atoms with Gasteiger partial charge in [-0.3, -0.25) is 0 Å². The van der Waals surface area contributed by atoms with E-state index >= 15 is 0 Å². The fourth-order valence-corrected chi connectivity index (χ4v) is 4.13. The maximum absolute atomic E-state index is 4.25. The van der Waals surface area contributed by atoms with E-state index in [4.69, 9.17) is 0 Å². The first-order valence-corrected chi connectivity index (χ1v) is 7.55. The predicted molar refractivity (Wildman–Crippen MR) is 78.2 cm³/mol. The SMILES string of the molecule is COC.c1ccc(S[C@H]2CN3CCC2CC3)cc1. The fraction of sp³-hybridized carbons (Fsp3) is 0.600. The minimum atomic E-state index is 0.842. The fourth-order valence-electron chi connectivity index (χ4n) is 2.72. The van der Waals surface area contributed by atoms with Crippen molar-refractivity contribution in [3.8, 4) is 0 Å². The van der Waals surface area contributed by atoms with E-state index in [1.165, 1.54) is 37.4 Å². The van der Waals surface area contributed by atoms with Crippen LogP contribution in [0.1, 0.15) is 12.8 Å². The van der Waals surface area contributed by atoms with Crippen molar-refractivity contribution in [2.75, 3.05) is 33.9 Å². The molecule has 0 N–H and O–H groups in total. The number of methoxy groups -OCH3 is 1. The molecular formula is C15H23NOS. The van der Waals surface area contributed by atoms with Crippen molar-refractivity contribution in [1.29, 1.82) is 0 Å². The van der Waals surface area contributed by atoms with Crippen LogP contribution in [0.15, 0.2) is 35.2 Å². The first kappa shape index (κ1) is 13.9. The molecule has 18 heavy (non-hydrogen) atoms. The molecule has 0 unspecified atom stereocenters. The molecule has 3 fully saturated rings. The van der Waals surface area contributed by atoms with Crippen LogP contribution in [0.25, 0.3) is 0 Å². The highest BCUT2D eigenvalue weighted by molar-refractivity contribution is 8.00. The Kier molecular flexibility index (Phi) is 5.54. The molecule has 3 saturated heterocycles. The van der Waals surface area contributed by atoms with Gasteiger partial charge in [0.15, 0.2) is 0 Å². The van der Waals surface area contributed by atoms with Gasteiger partial charge >= 0.3 is 0 Å². The molecule has 3 heteroatoms. The Morgan fingerprint density at radius 2 is 1.72 bits per heavy atom.